The van der Waals surface area contributed by atoms with Crippen LogP contribution in [0.4, 0.5) is 0 Å². The Hall–Kier alpha value is -1.36. The van der Waals surface area contributed by atoms with Crippen molar-refractivity contribution in [3.8, 4) is 23.8 Å². The summed E-state index contributed by atoms with van der Waals surface area (Å²) in [5, 5.41) is 0.663. The highest BCUT2D eigenvalue weighted by molar-refractivity contribution is 7.14. The Morgan fingerprint density at radius 1 is 1.53 bits per heavy atom. The molecule has 0 saturated heterocycles. The number of ketones is 1. The first-order valence-electron chi connectivity index (χ1n) is 4.42. The number of carbonyl (C=O) groups excluding carboxylic acids is 1. The van der Waals surface area contributed by atoms with Gasteiger partial charge < -0.3 is 0 Å². The third kappa shape index (κ3) is 3.71. The minimum Gasteiger partial charge on any atom is -0.278 e. The lowest BCUT2D eigenvalue weighted by Gasteiger charge is -2.02. The van der Waals surface area contributed by atoms with E-state index in [2.05, 4.69) is 42.0 Å². The maximum absolute atomic E-state index is 11.1. The fourth-order valence-corrected chi connectivity index (χ4v) is 2.01. The minimum atomic E-state index is -1.39. The molecule has 0 fully saturated rings. The Morgan fingerprint density at radius 2 is 2.20 bits per heavy atom. The van der Waals surface area contributed by atoms with Gasteiger partial charge in [-0.15, -0.1) is 23.3 Å². The van der Waals surface area contributed by atoms with Gasteiger partial charge in [0.15, 0.2) is 5.01 Å². The molecule has 0 aliphatic rings. The lowest BCUT2D eigenvalue weighted by molar-refractivity contribution is 0.106. The zero-order valence-electron chi connectivity index (χ0n) is 8.92. The predicted octanol–water partition coefficient (Wildman–Crippen LogP) is 2.19. The normalized spacial score (nSPS) is 10.0. The van der Waals surface area contributed by atoms with E-state index in [1.54, 1.807) is 0 Å². The van der Waals surface area contributed by atoms with Crippen molar-refractivity contribution in [2.24, 2.45) is 0 Å². The second kappa shape index (κ2) is 4.44. The molecule has 0 saturated carbocycles. The number of carbonyl (C=O) groups is 1. The molecule has 1 aromatic rings. The molecule has 0 N–H and O–H groups in total. The largest absolute Gasteiger partial charge is 0.278 e. The van der Waals surface area contributed by atoms with E-state index in [4.69, 9.17) is 6.42 Å². The van der Waals surface area contributed by atoms with E-state index >= 15 is 0 Å². The summed E-state index contributed by atoms with van der Waals surface area (Å²) < 4.78 is 0. The number of Topliss-reactive ketones (excluding diaryl/α,β-unsaturated/α-hetero) is 1. The quantitative estimate of drug-likeness (QED) is 0.322. The third-order valence-corrected chi connectivity index (χ3v) is 3.19. The number of hydrogen-bond donors (Lipinski definition) is 0. The molecular weight excluding hydrogens is 222 g/mol. The van der Waals surface area contributed by atoms with Gasteiger partial charge in [-0.2, -0.15) is 0 Å². The molecule has 1 heterocycles. The highest BCUT2D eigenvalue weighted by atomic mass is 32.1. The molecule has 1 rings (SSSR count). The fourth-order valence-electron chi connectivity index (χ4n) is 0.749. The standard InChI is InChI=1S/C11H11NOSSi/c1-5-9(13)10-8-12-11(14-10)6-7-15(2,3)4/h1,8H,2-4H3. The van der Waals surface area contributed by atoms with Gasteiger partial charge in [0.1, 0.15) is 13.0 Å². The van der Waals surface area contributed by atoms with E-state index in [0.717, 1.165) is 0 Å². The fraction of sp³-hybridized carbons (Fsp3) is 0.273. The summed E-state index contributed by atoms with van der Waals surface area (Å²) in [6.07, 6.45) is 6.49. The molecule has 0 atom stereocenters. The van der Waals surface area contributed by atoms with Crippen molar-refractivity contribution in [2.75, 3.05) is 0 Å². The van der Waals surface area contributed by atoms with Crippen molar-refractivity contribution in [1.29, 1.82) is 0 Å². The number of rotatable bonds is 1. The molecule has 0 aliphatic carbocycles. The highest BCUT2D eigenvalue weighted by Crippen LogP contribution is 2.12. The van der Waals surface area contributed by atoms with Gasteiger partial charge in [0.2, 0.25) is 5.78 Å². The van der Waals surface area contributed by atoms with Crippen molar-refractivity contribution in [2.45, 2.75) is 19.6 Å². The average Bonchev–Trinajstić information content (AvgIpc) is 2.61. The van der Waals surface area contributed by atoms with Crippen molar-refractivity contribution < 1.29 is 4.79 Å². The summed E-state index contributed by atoms with van der Waals surface area (Å²) in [5.74, 6) is 4.72. The topological polar surface area (TPSA) is 30.0 Å². The number of terminal acetylenes is 1. The van der Waals surface area contributed by atoms with Crippen LogP contribution in [0.15, 0.2) is 6.20 Å². The lowest BCUT2D eigenvalue weighted by atomic mass is 10.4. The van der Waals surface area contributed by atoms with E-state index in [1.165, 1.54) is 17.5 Å². The number of thiazole rings is 1. The van der Waals surface area contributed by atoms with Gasteiger partial charge in [-0.05, 0) is 11.8 Å². The first-order chi connectivity index (χ1) is 6.92. The second-order valence-electron chi connectivity index (χ2n) is 4.00. The molecule has 2 nitrogen and oxygen atoms in total. The Bertz CT molecular complexity index is 479. The Morgan fingerprint density at radius 3 is 2.73 bits per heavy atom. The van der Waals surface area contributed by atoms with Crippen LogP contribution in [0, 0.1) is 23.8 Å². The van der Waals surface area contributed by atoms with Crippen LogP contribution in [-0.2, 0) is 0 Å². The molecule has 15 heavy (non-hydrogen) atoms. The minimum absolute atomic E-state index is 0.325. The summed E-state index contributed by atoms with van der Waals surface area (Å²) in [5.41, 5.74) is 3.18. The molecule has 0 amide bonds. The SMILES string of the molecule is C#CC(=O)c1cnc(C#C[Si](C)(C)C)s1. The summed E-state index contributed by atoms with van der Waals surface area (Å²) in [7, 11) is -1.39. The van der Waals surface area contributed by atoms with Crippen molar-refractivity contribution in [3.05, 3.63) is 16.1 Å². The monoisotopic (exact) mass is 233 g/mol. The summed E-state index contributed by atoms with van der Waals surface area (Å²) in [6.45, 7) is 6.46. The van der Waals surface area contributed by atoms with Gasteiger partial charge in [-0.25, -0.2) is 4.98 Å². The maximum atomic E-state index is 11.1. The van der Waals surface area contributed by atoms with E-state index in [0.29, 0.717) is 9.88 Å². The summed E-state index contributed by atoms with van der Waals surface area (Å²) in [4.78, 5) is 15.6. The van der Waals surface area contributed by atoms with Crippen LogP contribution in [0.25, 0.3) is 0 Å². The molecule has 4 heteroatoms. The molecule has 0 radical (unpaired) electrons. The average molecular weight is 233 g/mol. The third-order valence-electron chi connectivity index (χ3n) is 1.41. The van der Waals surface area contributed by atoms with Crippen LogP contribution in [0.1, 0.15) is 14.7 Å². The van der Waals surface area contributed by atoms with E-state index in [-0.39, 0.29) is 5.78 Å². The zero-order valence-corrected chi connectivity index (χ0v) is 10.7. The molecule has 0 aliphatic heterocycles. The molecule has 0 bridgehead atoms. The number of aromatic nitrogens is 1. The highest BCUT2D eigenvalue weighted by Gasteiger charge is 2.09. The Kier molecular flexibility index (Phi) is 3.46. The van der Waals surface area contributed by atoms with Crippen LogP contribution < -0.4 is 0 Å². The van der Waals surface area contributed by atoms with E-state index in [1.807, 2.05) is 0 Å². The summed E-state index contributed by atoms with van der Waals surface area (Å²) in [6, 6.07) is 0. The van der Waals surface area contributed by atoms with Crippen molar-refractivity contribution in [3.63, 3.8) is 0 Å². The van der Waals surface area contributed by atoms with Crippen LogP contribution in [0.5, 0.6) is 0 Å². The van der Waals surface area contributed by atoms with E-state index in [9.17, 15) is 4.79 Å². The Balaban J connectivity index is 2.91. The number of hydrogen-bond acceptors (Lipinski definition) is 3. The lowest BCUT2D eigenvalue weighted by Crippen LogP contribution is -2.16. The molecule has 1 aromatic heterocycles. The van der Waals surface area contributed by atoms with Gasteiger partial charge in [-0.3, -0.25) is 4.79 Å². The molecular formula is C11H11NOSSi. The Labute approximate surface area is 94.8 Å². The molecule has 0 unspecified atom stereocenters. The predicted molar refractivity (Wildman–Crippen MR) is 65.5 cm³/mol. The first kappa shape index (κ1) is 11.7. The van der Waals surface area contributed by atoms with Gasteiger partial charge in [-0.1, -0.05) is 19.6 Å². The van der Waals surface area contributed by atoms with Crippen molar-refractivity contribution >= 4 is 25.2 Å². The maximum Gasteiger partial charge on any atom is 0.247 e. The van der Waals surface area contributed by atoms with Gasteiger partial charge >= 0.3 is 0 Å². The molecule has 0 aromatic carbocycles. The zero-order chi connectivity index (χ0) is 11.5. The van der Waals surface area contributed by atoms with Crippen LogP contribution in [-0.4, -0.2) is 18.8 Å². The second-order valence-corrected chi connectivity index (χ2v) is 9.78. The van der Waals surface area contributed by atoms with Crippen molar-refractivity contribution in [1.82, 2.24) is 4.98 Å². The van der Waals surface area contributed by atoms with Gasteiger partial charge in [0, 0.05) is 0 Å². The van der Waals surface area contributed by atoms with Crippen LogP contribution in [0.3, 0.4) is 0 Å². The molecule has 76 valence electrons. The van der Waals surface area contributed by atoms with Gasteiger partial charge in [0.25, 0.3) is 0 Å². The smallest absolute Gasteiger partial charge is 0.247 e. The van der Waals surface area contributed by atoms with E-state index < -0.39 is 8.07 Å². The van der Waals surface area contributed by atoms with Crippen LogP contribution >= 0.6 is 11.3 Å². The molecule has 0 spiro atoms. The van der Waals surface area contributed by atoms with Gasteiger partial charge in [0.05, 0.1) is 6.20 Å². The first-order valence-corrected chi connectivity index (χ1v) is 8.74. The van der Waals surface area contributed by atoms with Crippen LogP contribution in [0.2, 0.25) is 19.6 Å². The summed E-state index contributed by atoms with van der Waals surface area (Å²) >= 11 is 1.25. The number of nitrogens with zero attached hydrogens (tertiary/aromatic N) is 1.